The summed E-state index contributed by atoms with van der Waals surface area (Å²) in [6, 6.07) is 4.36. The summed E-state index contributed by atoms with van der Waals surface area (Å²) in [5, 5.41) is 3.40. The van der Waals surface area contributed by atoms with Crippen LogP contribution in [0.2, 0.25) is 0 Å². The van der Waals surface area contributed by atoms with Gasteiger partial charge in [0.05, 0.1) is 0 Å². The lowest BCUT2D eigenvalue weighted by atomic mass is 9.97. The maximum Gasteiger partial charge on any atom is 0.231 e. The van der Waals surface area contributed by atoms with E-state index in [-0.39, 0.29) is 0 Å². The molecule has 3 rings (SSSR count). The molecular weight excluding hydrogens is 202 g/mol. The quantitative estimate of drug-likeness (QED) is 0.823. The van der Waals surface area contributed by atoms with E-state index in [2.05, 4.69) is 24.4 Å². The molecule has 1 aromatic rings. The predicted molar refractivity (Wildman–Crippen MR) is 62.0 cm³/mol. The molecule has 1 atom stereocenters. The van der Waals surface area contributed by atoms with E-state index in [1.165, 1.54) is 17.5 Å². The Morgan fingerprint density at radius 3 is 3.12 bits per heavy atom. The smallest absolute Gasteiger partial charge is 0.231 e. The summed E-state index contributed by atoms with van der Waals surface area (Å²) in [6.07, 6.45) is 2.43. The third-order valence-corrected chi connectivity index (χ3v) is 3.40. The molecule has 1 saturated heterocycles. The second-order valence-corrected chi connectivity index (χ2v) is 4.71. The molecule has 16 heavy (non-hydrogen) atoms. The zero-order valence-corrected chi connectivity index (χ0v) is 9.58. The van der Waals surface area contributed by atoms with Gasteiger partial charge in [-0.2, -0.15) is 0 Å². The summed E-state index contributed by atoms with van der Waals surface area (Å²) in [7, 11) is 0. The van der Waals surface area contributed by atoms with Crippen molar-refractivity contribution in [2.24, 2.45) is 5.92 Å². The van der Waals surface area contributed by atoms with E-state index < -0.39 is 0 Å². The van der Waals surface area contributed by atoms with E-state index in [9.17, 15) is 0 Å². The number of fused-ring (bicyclic) bond motifs is 1. The highest BCUT2D eigenvalue weighted by molar-refractivity contribution is 5.50. The van der Waals surface area contributed by atoms with Gasteiger partial charge < -0.3 is 14.8 Å². The fraction of sp³-hybridized carbons (Fsp3) is 0.538. The van der Waals surface area contributed by atoms with Crippen LogP contribution in [0.5, 0.6) is 11.5 Å². The van der Waals surface area contributed by atoms with Crippen LogP contribution in [-0.2, 0) is 6.42 Å². The average Bonchev–Trinajstić information content (AvgIpc) is 2.87. The van der Waals surface area contributed by atoms with Crippen LogP contribution in [0.1, 0.15) is 17.5 Å². The van der Waals surface area contributed by atoms with Crippen molar-refractivity contribution in [3.8, 4) is 11.5 Å². The number of hydrogen-bond acceptors (Lipinski definition) is 3. The highest BCUT2D eigenvalue weighted by Crippen LogP contribution is 2.37. The van der Waals surface area contributed by atoms with Crippen molar-refractivity contribution in [2.45, 2.75) is 19.8 Å². The molecule has 2 heterocycles. The van der Waals surface area contributed by atoms with Gasteiger partial charge in [0.1, 0.15) is 0 Å². The lowest BCUT2D eigenvalue weighted by Crippen LogP contribution is -2.10. The summed E-state index contributed by atoms with van der Waals surface area (Å²) >= 11 is 0. The van der Waals surface area contributed by atoms with Crippen LogP contribution in [0.4, 0.5) is 0 Å². The van der Waals surface area contributed by atoms with E-state index in [1.807, 2.05) is 0 Å². The van der Waals surface area contributed by atoms with Crippen LogP contribution in [0, 0.1) is 12.8 Å². The first kappa shape index (κ1) is 9.97. The first-order chi connectivity index (χ1) is 7.83. The molecule has 0 radical (unpaired) electrons. The molecular formula is C13H17NO2. The summed E-state index contributed by atoms with van der Waals surface area (Å²) in [6.45, 7) is 4.76. The molecule has 2 aliphatic rings. The van der Waals surface area contributed by atoms with Crippen LogP contribution in [-0.4, -0.2) is 19.9 Å². The van der Waals surface area contributed by atoms with Gasteiger partial charge in [-0.15, -0.1) is 0 Å². The van der Waals surface area contributed by atoms with Gasteiger partial charge in [-0.3, -0.25) is 0 Å². The Kier molecular flexibility index (Phi) is 2.48. The first-order valence-corrected chi connectivity index (χ1v) is 5.93. The fourth-order valence-corrected chi connectivity index (χ4v) is 2.60. The molecule has 0 aliphatic carbocycles. The van der Waals surface area contributed by atoms with E-state index in [1.54, 1.807) is 0 Å². The zero-order chi connectivity index (χ0) is 11.0. The van der Waals surface area contributed by atoms with E-state index in [4.69, 9.17) is 9.47 Å². The minimum atomic E-state index is 0.366. The van der Waals surface area contributed by atoms with Crippen LogP contribution >= 0.6 is 0 Å². The van der Waals surface area contributed by atoms with Crippen molar-refractivity contribution < 1.29 is 9.47 Å². The lowest BCUT2D eigenvalue weighted by Gasteiger charge is -2.10. The number of benzene rings is 1. The van der Waals surface area contributed by atoms with Crippen molar-refractivity contribution in [3.63, 3.8) is 0 Å². The maximum absolute atomic E-state index is 5.45. The van der Waals surface area contributed by atoms with Gasteiger partial charge in [0.2, 0.25) is 6.79 Å². The Hall–Kier alpha value is -1.22. The van der Waals surface area contributed by atoms with Crippen molar-refractivity contribution in [3.05, 3.63) is 23.3 Å². The standard InChI is InChI=1S/C13H17NO2/c1-9-4-11(5-10-2-3-14-7-10)6-12-13(9)16-8-15-12/h4,6,10,14H,2-3,5,7-8H2,1H3. The molecule has 2 aliphatic heterocycles. The van der Waals surface area contributed by atoms with Crippen molar-refractivity contribution >= 4 is 0 Å². The lowest BCUT2D eigenvalue weighted by molar-refractivity contribution is 0.173. The highest BCUT2D eigenvalue weighted by Gasteiger charge is 2.20. The molecule has 0 saturated carbocycles. The third-order valence-electron chi connectivity index (χ3n) is 3.40. The molecule has 1 aromatic carbocycles. The number of ether oxygens (including phenoxy) is 2. The van der Waals surface area contributed by atoms with Crippen LogP contribution in [0.3, 0.4) is 0 Å². The van der Waals surface area contributed by atoms with Crippen LogP contribution in [0.15, 0.2) is 12.1 Å². The van der Waals surface area contributed by atoms with Gasteiger partial charge in [0.25, 0.3) is 0 Å². The van der Waals surface area contributed by atoms with E-state index in [0.29, 0.717) is 6.79 Å². The van der Waals surface area contributed by atoms with Gasteiger partial charge in [0, 0.05) is 0 Å². The van der Waals surface area contributed by atoms with Gasteiger partial charge in [-0.25, -0.2) is 0 Å². The van der Waals surface area contributed by atoms with Crippen molar-refractivity contribution in [2.75, 3.05) is 19.9 Å². The summed E-state index contributed by atoms with van der Waals surface area (Å²) < 4.78 is 10.9. The summed E-state index contributed by atoms with van der Waals surface area (Å²) in [5.41, 5.74) is 2.56. The van der Waals surface area contributed by atoms with Gasteiger partial charge in [-0.05, 0) is 56.0 Å². The number of nitrogens with one attached hydrogen (secondary N) is 1. The topological polar surface area (TPSA) is 30.5 Å². The van der Waals surface area contributed by atoms with Crippen LogP contribution < -0.4 is 14.8 Å². The minimum Gasteiger partial charge on any atom is -0.454 e. The average molecular weight is 219 g/mol. The molecule has 0 amide bonds. The minimum absolute atomic E-state index is 0.366. The second-order valence-electron chi connectivity index (χ2n) is 4.71. The molecule has 3 heteroatoms. The molecule has 1 N–H and O–H groups in total. The van der Waals surface area contributed by atoms with Crippen LogP contribution in [0.25, 0.3) is 0 Å². The summed E-state index contributed by atoms with van der Waals surface area (Å²) in [4.78, 5) is 0. The fourth-order valence-electron chi connectivity index (χ4n) is 2.60. The monoisotopic (exact) mass is 219 g/mol. The molecule has 1 fully saturated rings. The molecule has 86 valence electrons. The van der Waals surface area contributed by atoms with Gasteiger partial charge in [0.15, 0.2) is 11.5 Å². The van der Waals surface area contributed by atoms with Crippen molar-refractivity contribution in [1.29, 1.82) is 0 Å². The number of hydrogen-bond donors (Lipinski definition) is 1. The van der Waals surface area contributed by atoms with E-state index >= 15 is 0 Å². The largest absolute Gasteiger partial charge is 0.454 e. The van der Waals surface area contributed by atoms with Crippen molar-refractivity contribution in [1.82, 2.24) is 5.32 Å². The normalized spacial score (nSPS) is 22.7. The number of aryl methyl sites for hydroxylation is 1. The maximum atomic E-state index is 5.45. The Balaban J connectivity index is 1.82. The Labute approximate surface area is 95.8 Å². The SMILES string of the molecule is Cc1cc(CC2CCNC2)cc2c1OCO2. The predicted octanol–water partition coefficient (Wildman–Crippen LogP) is 1.88. The Morgan fingerprint density at radius 2 is 2.31 bits per heavy atom. The third kappa shape index (κ3) is 1.76. The zero-order valence-electron chi connectivity index (χ0n) is 9.58. The first-order valence-electron chi connectivity index (χ1n) is 5.93. The molecule has 1 unspecified atom stereocenters. The molecule has 3 nitrogen and oxygen atoms in total. The Bertz CT molecular complexity index is 397. The Morgan fingerprint density at radius 1 is 1.38 bits per heavy atom. The molecule has 0 aromatic heterocycles. The second kappa shape index (κ2) is 3.98. The summed E-state index contributed by atoms with van der Waals surface area (Å²) in [5.74, 6) is 2.62. The molecule has 0 spiro atoms. The van der Waals surface area contributed by atoms with E-state index in [0.717, 1.165) is 36.9 Å². The van der Waals surface area contributed by atoms with Gasteiger partial charge in [-0.1, -0.05) is 6.07 Å². The highest BCUT2D eigenvalue weighted by atomic mass is 16.7. The van der Waals surface area contributed by atoms with Gasteiger partial charge >= 0.3 is 0 Å². The molecule has 0 bridgehead atoms. The number of rotatable bonds is 2.